The number of halogens is 1. The number of thioether (sulfide) groups is 1. The number of aromatic nitrogens is 1. The van der Waals surface area contributed by atoms with E-state index in [1.165, 1.54) is 16.9 Å². The molecule has 0 saturated carbocycles. The van der Waals surface area contributed by atoms with Gasteiger partial charge in [0.05, 0.1) is 0 Å². The maximum absolute atomic E-state index is 11.6. The number of carbonyl (C=O) groups is 1. The molecule has 4 N–H and O–H groups in total. The first kappa shape index (κ1) is 18.5. The van der Waals surface area contributed by atoms with Gasteiger partial charge in [0, 0.05) is 17.9 Å². The number of carbonyl (C=O) groups excluding carboxylic acids is 1. The molecule has 3 rings (SSSR count). The van der Waals surface area contributed by atoms with Gasteiger partial charge in [-0.25, -0.2) is 0 Å². The molecule has 2 aromatic heterocycles. The second-order valence-corrected chi connectivity index (χ2v) is 7.17. The summed E-state index contributed by atoms with van der Waals surface area (Å²) in [7, 11) is 0. The van der Waals surface area contributed by atoms with E-state index < -0.39 is 5.91 Å². The van der Waals surface area contributed by atoms with E-state index in [-0.39, 0.29) is 17.0 Å². The van der Waals surface area contributed by atoms with E-state index in [1.807, 2.05) is 53.4 Å². The molecule has 0 fully saturated rings. The van der Waals surface area contributed by atoms with E-state index in [0.29, 0.717) is 10.6 Å². The van der Waals surface area contributed by atoms with E-state index in [1.54, 1.807) is 11.8 Å². The van der Waals surface area contributed by atoms with Gasteiger partial charge in [0.2, 0.25) is 0 Å². The van der Waals surface area contributed by atoms with E-state index in [4.69, 9.17) is 11.5 Å². The Hall–Kier alpha value is -1.83. The summed E-state index contributed by atoms with van der Waals surface area (Å²) in [5.41, 5.74) is 14.1. The van der Waals surface area contributed by atoms with E-state index in [2.05, 4.69) is 12.1 Å². The van der Waals surface area contributed by atoms with E-state index >= 15 is 0 Å². The predicted molar refractivity (Wildman–Crippen MR) is 94.8 cm³/mol. The Bertz CT molecular complexity index is 823. The second kappa shape index (κ2) is 8.32. The van der Waals surface area contributed by atoms with Crippen molar-refractivity contribution in [2.24, 2.45) is 5.73 Å². The highest BCUT2D eigenvalue weighted by atomic mass is 79.9. The lowest BCUT2D eigenvalue weighted by atomic mass is 10.2. The van der Waals surface area contributed by atoms with Gasteiger partial charge in [-0.05, 0) is 5.56 Å². The molecule has 0 aliphatic rings. The molecular weight excluding hydrogens is 406 g/mol. The molecule has 1 amide bonds. The fraction of sp³-hybridized carbons (Fsp3) is 0.0588. The minimum Gasteiger partial charge on any atom is -1.00 e. The number of benzene rings is 1. The lowest BCUT2D eigenvalue weighted by molar-refractivity contribution is -0.596. The third-order valence-corrected chi connectivity index (χ3v) is 5.84. The molecule has 124 valence electrons. The quantitative estimate of drug-likeness (QED) is 0.449. The van der Waals surface area contributed by atoms with E-state index in [9.17, 15) is 4.79 Å². The third-order valence-electron chi connectivity index (χ3n) is 3.30. The van der Waals surface area contributed by atoms with Gasteiger partial charge < -0.3 is 28.4 Å². The van der Waals surface area contributed by atoms with Crippen LogP contribution in [0.3, 0.4) is 0 Å². The highest BCUT2D eigenvalue weighted by Gasteiger charge is 2.26. The first-order valence-electron chi connectivity index (χ1n) is 7.02. The van der Waals surface area contributed by atoms with Crippen molar-refractivity contribution in [1.82, 2.24) is 0 Å². The summed E-state index contributed by atoms with van der Waals surface area (Å²) in [6.07, 6.45) is 3.82. The molecule has 0 aliphatic carbocycles. The Kier molecular flexibility index (Phi) is 6.42. The van der Waals surface area contributed by atoms with Crippen molar-refractivity contribution in [3.8, 4) is 5.69 Å². The fourth-order valence-electron chi connectivity index (χ4n) is 2.21. The van der Waals surface area contributed by atoms with Crippen LogP contribution in [0.1, 0.15) is 15.2 Å². The number of hydrogen-bond donors (Lipinski definition) is 2. The van der Waals surface area contributed by atoms with Gasteiger partial charge in [-0.2, -0.15) is 4.57 Å². The van der Waals surface area contributed by atoms with Gasteiger partial charge in [0.15, 0.2) is 12.4 Å². The van der Waals surface area contributed by atoms with Crippen LogP contribution in [0.5, 0.6) is 0 Å². The van der Waals surface area contributed by atoms with Crippen molar-refractivity contribution < 1.29 is 26.3 Å². The summed E-state index contributed by atoms with van der Waals surface area (Å²) >= 11 is 3.01. The van der Waals surface area contributed by atoms with Crippen LogP contribution >= 0.6 is 23.1 Å². The number of nitrogens with two attached hydrogens (primary N) is 2. The summed E-state index contributed by atoms with van der Waals surface area (Å²) in [6, 6.07) is 16.0. The summed E-state index contributed by atoms with van der Waals surface area (Å²) < 4.78 is 2.90. The van der Waals surface area contributed by atoms with Crippen LogP contribution in [0.25, 0.3) is 5.69 Å². The molecule has 2 heterocycles. The first-order chi connectivity index (χ1) is 11.2. The van der Waals surface area contributed by atoms with Crippen LogP contribution in [-0.2, 0) is 5.75 Å². The monoisotopic (exact) mass is 421 g/mol. The Morgan fingerprint density at radius 1 is 1.08 bits per heavy atom. The van der Waals surface area contributed by atoms with Crippen LogP contribution < -0.4 is 33.0 Å². The number of pyridine rings is 1. The highest BCUT2D eigenvalue weighted by Crippen LogP contribution is 2.39. The van der Waals surface area contributed by atoms with E-state index in [0.717, 1.165) is 15.6 Å². The Labute approximate surface area is 159 Å². The maximum atomic E-state index is 11.6. The van der Waals surface area contributed by atoms with Gasteiger partial charge in [-0.1, -0.05) is 36.4 Å². The molecular formula is C17H16BrN3OS2. The molecule has 0 saturated heterocycles. The lowest BCUT2D eigenvalue weighted by Gasteiger charge is -2.01. The number of rotatable bonds is 5. The molecule has 0 atom stereocenters. The number of primary amides is 1. The number of nitrogen functional groups attached to an aromatic ring is 1. The standard InChI is InChI=1S/C17H15N3OS2.BrH/c18-13-14(20-9-5-2-6-10-20)17(23-15(13)16(19)21)22-11-12-7-3-1-4-8-12;/h1-10H,11H2,(H3-,18,19,21);1H. The average molecular weight is 422 g/mol. The maximum Gasteiger partial charge on any atom is 0.261 e. The minimum atomic E-state index is -0.489. The van der Waals surface area contributed by atoms with Crippen LogP contribution in [0, 0.1) is 0 Å². The highest BCUT2D eigenvalue weighted by molar-refractivity contribution is 8.00. The fourth-order valence-corrected chi connectivity index (χ4v) is 4.52. The first-order valence-corrected chi connectivity index (χ1v) is 8.82. The molecule has 1 aromatic carbocycles. The number of thiophene rings is 1. The number of amides is 1. The molecule has 3 aromatic rings. The van der Waals surface area contributed by atoms with Crippen molar-refractivity contribution in [2.75, 3.05) is 5.73 Å². The zero-order valence-corrected chi connectivity index (χ0v) is 15.9. The number of hydrogen-bond acceptors (Lipinski definition) is 4. The molecule has 4 nitrogen and oxygen atoms in total. The topological polar surface area (TPSA) is 73.0 Å². The van der Waals surface area contributed by atoms with Crippen molar-refractivity contribution in [3.05, 3.63) is 71.4 Å². The zero-order chi connectivity index (χ0) is 16.2. The van der Waals surface area contributed by atoms with Crippen LogP contribution in [0.2, 0.25) is 0 Å². The number of nitrogens with zero attached hydrogens (tertiary/aromatic N) is 1. The Balaban J connectivity index is 0.00000208. The molecule has 0 spiro atoms. The SMILES string of the molecule is NC(=O)c1sc(SCc2ccccc2)c(-[n+]2ccccc2)c1N.[Br-]. The molecule has 24 heavy (non-hydrogen) atoms. The molecule has 7 heteroatoms. The Morgan fingerprint density at radius 3 is 2.33 bits per heavy atom. The average Bonchev–Trinajstić information content (AvgIpc) is 2.91. The lowest BCUT2D eigenvalue weighted by Crippen LogP contribution is -3.00. The molecule has 0 unspecified atom stereocenters. The molecule has 0 bridgehead atoms. The largest absolute Gasteiger partial charge is 1.00 e. The van der Waals surface area contributed by atoms with Gasteiger partial charge in [-0.3, -0.25) is 4.79 Å². The van der Waals surface area contributed by atoms with Crippen LogP contribution in [0.15, 0.2) is 65.1 Å². The molecule has 0 radical (unpaired) electrons. The number of anilines is 1. The minimum absolute atomic E-state index is 0. The van der Waals surface area contributed by atoms with Gasteiger partial charge in [-0.15, -0.1) is 23.1 Å². The Morgan fingerprint density at radius 2 is 1.71 bits per heavy atom. The summed E-state index contributed by atoms with van der Waals surface area (Å²) in [5, 5.41) is 0. The van der Waals surface area contributed by atoms with Crippen LogP contribution in [0.4, 0.5) is 5.69 Å². The summed E-state index contributed by atoms with van der Waals surface area (Å²) in [6.45, 7) is 0. The van der Waals surface area contributed by atoms with Crippen molar-refractivity contribution >= 4 is 34.7 Å². The predicted octanol–water partition coefficient (Wildman–Crippen LogP) is 0.00220. The molecule has 0 aliphatic heterocycles. The normalized spacial score (nSPS) is 10.2. The van der Waals surface area contributed by atoms with Crippen molar-refractivity contribution in [2.45, 2.75) is 9.96 Å². The summed E-state index contributed by atoms with van der Waals surface area (Å²) in [4.78, 5) is 12.0. The van der Waals surface area contributed by atoms with Gasteiger partial charge in [0.25, 0.3) is 11.6 Å². The third kappa shape index (κ3) is 3.98. The van der Waals surface area contributed by atoms with Crippen molar-refractivity contribution in [3.63, 3.8) is 0 Å². The smallest absolute Gasteiger partial charge is 0.261 e. The van der Waals surface area contributed by atoms with Crippen LogP contribution in [-0.4, -0.2) is 5.91 Å². The van der Waals surface area contributed by atoms with Crippen molar-refractivity contribution in [1.29, 1.82) is 0 Å². The van der Waals surface area contributed by atoms with Gasteiger partial charge >= 0.3 is 0 Å². The second-order valence-electron chi connectivity index (χ2n) is 4.90. The zero-order valence-electron chi connectivity index (χ0n) is 12.7. The van der Waals surface area contributed by atoms with Gasteiger partial charge in [0.1, 0.15) is 14.8 Å². The summed E-state index contributed by atoms with van der Waals surface area (Å²) in [5.74, 6) is 0.316.